The summed E-state index contributed by atoms with van der Waals surface area (Å²) in [6.07, 6.45) is -0.664. The van der Waals surface area contributed by atoms with E-state index in [-0.39, 0.29) is 12.2 Å². The molecular weight excluding hydrogens is 559 g/mol. The molecule has 1 fully saturated rings. The molecule has 0 spiro atoms. The van der Waals surface area contributed by atoms with Crippen molar-refractivity contribution in [1.29, 1.82) is 0 Å². The first kappa shape index (κ1) is 30.5. The second-order valence-corrected chi connectivity index (χ2v) is 11.3. The number of aliphatic hydroxyl groups excluding tert-OH is 3. The summed E-state index contributed by atoms with van der Waals surface area (Å²) >= 11 is 0. The average Bonchev–Trinajstić information content (AvgIpc) is 3.42. The maximum absolute atomic E-state index is 12.2. The summed E-state index contributed by atoms with van der Waals surface area (Å²) in [5, 5.41) is 44.2. The van der Waals surface area contributed by atoms with Crippen molar-refractivity contribution in [3.8, 4) is 11.4 Å². The van der Waals surface area contributed by atoms with Gasteiger partial charge in [0.2, 0.25) is 6.29 Å². The Morgan fingerprint density at radius 2 is 1.85 bits per heavy atom. The first-order chi connectivity index (χ1) is 19.6. The minimum Gasteiger partial charge on any atom is -0.462 e. The second kappa shape index (κ2) is 14.0. The zero-order valence-corrected chi connectivity index (χ0v) is 22.8. The first-order valence-corrected chi connectivity index (χ1v) is 14.8. The van der Waals surface area contributed by atoms with E-state index < -0.39 is 50.5 Å². The zero-order valence-electron chi connectivity index (χ0n) is 21.9. The topological polar surface area (TPSA) is 221 Å². The van der Waals surface area contributed by atoms with Gasteiger partial charge in [0.05, 0.1) is 36.0 Å². The van der Waals surface area contributed by atoms with E-state index in [1.807, 2.05) is 18.3 Å². The molecule has 0 unspecified atom stereocenters. The predicted octanol–water partition coefficient (Wildman–Crippen LogP) is 0.561. The molecule has 1 aliphatic rings. The van der Waals surface area contributed by atoms with Crippen LogP contribution in [-0.2, 0) is 15.7 Å². The van der Waals surface area contributed by atoms with Crippen molar-refractivity contribution in [3.63, 3.8) is 0 Å². The number of aryl methyl sites for hydroxylation is 1. The van der Waals surface area contributed by atoms with Gasteiger partial charge >= 0.3 is 13.6 Å². The van der Waals surface area contributed by atoms with E-state index in [1.165, 1.54) is 12.1 Å². The van der Waals surface area contributed by atoms with E-state index in [9.17, 15) is 24.7 Å². The molecule has 4 rings (SSSR count). The van der Waals surface area contributed by atoms with Crippen LogP contribution in [0.15, 0.2) is 55.0 Å². The lowest BCUT2D eigenvalue weighted by molar-refractivity contribution is -0.272. The van der Waals surface area contributed by atoms with Crippen LogP contribution in [0.5, 0.6) is 5.75 Å². The van der Waals surface area contributed by atoms with Gasteiger partial charge in [-0.25, -0.2) is 9.48 Å². The number of aromatic nitrogens is 4. The molecule has 0 radical (unpaired) electrons. The van der Waals surface area contributed by atoms with Crippen molar-refractivity contribution in [2.45, 2.75) is 56.4 Å². The van der Waals surface area contributed by atoms with Gasteiger partial charge in [-0.1, -0.05) is 5.21 Å². The van der Waals surface area contributed by atoms with Gasteiger partial charge < -0.3 is 45.2 Å². The number of anilines is 1. The Morgan fingerprint density at radius 3 is 2.56 bits per heavy atom. The van der Waals surface area contributed by atoms with Crippen LogP contribution in [0.25, 0.3) is 5.69 Å². The van der Waals surface area contributed by atoms with Crippen LogP contribution >= 0.6 is 7.60 Å². The monoisotopic (exact) mass is 592 g/mol. The molecule has 0 saturated carbocycles. The highest BCUT2D eigenvalue weighted by Crippen LogP contribution is 2.37. The number of carbonyl (C=O) groups is 1. The number of aliphatic hydroxyl groups is 3. The Kier molecular flexibility index (Phi) is 10.4. The smallest absolute Gasteiger partial charge is 0.325 e. The molecule has 7 N–H and O–H groups in total. The van der Waals surface area contributed by atoms with E-state index in [0.29, 0.717) is 18.7 Å². The van der Waals surface area contributed by atoms with E-state index in [4.69, 9.17) is 19.3 Å². The number of urea groups is 1. The molecule has 1 aliphatic heterocycles. The van der Waals surface area contributed by atoms with Crippen LogP contribution in [0.1, 0.15) is 25.0 Å². The molecule has 41 heavy (non-hydrogen) atoms. The van der Waals surface area contributed by atoms with Crippen molar-refractivity contribution in [2.24, 2.45) is 0 Å². The number of amides is 2. The van der Waals surface area contributed by atoms with Gasteiger partial charge in [0, 0.05) is 18.4 Å². The molecule has 0 aliphatic carbocycles. The Balaban J connectivity index is 1.17. The molecular formula is C25H33N6O9P. The van der Waals surface area contributed by atoms with E-state index in [0.717, 1.165) is 24.2 Å². The summed E-state index contributed by atoms with van der Waals surface area (Å²) in [6.45, 7) is 0.456. The molecule has 2 amide bonds. The summed E-state index contributed by atoms with van der Waals surface area (Å²) in [4.78, 5) is 34.5. The van der Waals surface area contributed by atoms with Gasteiger partial charge in [-0.05, 0) is 62.1 Å². The highest BCUT2D eigenvalue weighted by atomic mass is 31.2. The minimum atomic E-state index is -4.35. The van der Waals surface area contributed by atoms with Crippen LogP contribution in [0.4, 0.5) is 10.5 Å². The number of carbonyl (C=O) groups excluding carboxylic acids is 1. The highest BCUT2D eigenvalue weighted by molar-refractivity contribution is 7.51. The normalized spacial score (nSPS) is 22.7. The summed E-state index contributed by atoms with van der Waals surface area (Å²) in [5.74, 6) is 0.234. The third kappa shape index (κ3) is 9.03. The van der Waals surface area contributed by atoms with Gasteiger partial charge in [0.1, 0.15) is 24.1 Å². The lowest BCUT2D eigenvalue weighted by Gasteiger charge is -2.40. The Hall–Kier alpha value is -3.43. The zero-order chi connectivity index (χ0) is 29.4. The Bertz CT molecular complexity index is 1310. The van der Waals surface area contributed by atoms with E-state index >= 15 is 0 Å². The molecule has 16 heteroatoms. The molecule has 1 saturated heterocycles. The third-order valence-corrected chi connectivity index (χ3v) is 7.18. The molecule has 15 nitrogen and oxygen atoms in total. The predicted molar refractivity (Wildman–Crippen MR) is 144 cm³/mol. The summed E-state index contributed by atoms with van der Waals surface area (Å²) in [7, 11) is -4.35. The maximum atomic E-state index is 12.2. The van der Waals surface area contributed by atoms with Crippen molar-refractivity contribution < 1.29 is 43.9 Å². The Morgan fingerprint density at radius 1 is 1.07 bits per heavy atom. The molecule has 0 bridgehead atoms. The molecule has 3 heterocycles. The number of benzene rings is 1. The second-order valence-electron chi connectivity index (χ2n) is 9.54. The van der Waals surface area contributed by atoms with Crippen LogP contribution in [-0.4, -0.2) is 94.5 Å². The maximum Gasteiger partial charge on any atom is 0.325 e. The van der Waals surface area contributed by atoms with Gasteiger partial charge in [-0.2, -0.15) is 0 Å². The number of nitrogens with one attached hydrogen (secondary N) is 2. The van der Waals surface area contributed by atoms with Gasteiger partial charge in [0.15, 0.2) is 0 Å². The van der Waals surface area contributed by atoms with Crippen molar-refractivity contribution in [3.05, 3.63) is 60.7 Å². The third-order valence-electron chi connectivity index (χ3n) is 6.33. The highest BCUT2D eigenvalue weighted by Gasteiger charge is 2.45. The Labute approximate surface area is 235 Å². The molecule has 2 aromatic heterocycles. The van der Waals surface area contributed by atoms with Crippen LogP contribution in [0.2, 0.25) is 0 Å². The molecule has 3 aromatic rings. The number of pyridine rings is 1. The summed E-state index contributed by atoms with van der Waals surface area (Å²) < 4.78 is 23.9. The molecule has 222 valence electrons. The number of rotatable bonds is 12. The summed E-state index contributed by atoms with van der Waals surface area (Å²) in [6, 6.07) is 9.45. The fraction of sp³-hybridized carbons (Fsp3) is 0.440. The number of ether oxygens (including phenoxy) is 2. The molecule has 5 atom stereocenters. The number of nitrogens with zero attached hydrogens (tertiary/aromatic N) is 4. The fourth-order valence-corrected chi connectivity index (χ4v) is 4.73. The lowest BCUT2D eigenvalue weighted by Crippen LogP contribution is -2.59. The number of hydrogen-bond acceptors (Lipinski definition) is 10. The first-order valence-electron chi connectivity index (χ1n) is 13.0. The molecule has 1 aromatic carbocycles. The van der Waals surface area contributed by atoms with Crippen molar-refractivity contribution >= 4 is 19.3 Å². The van der Waals surface area contributed by atoms with Crippen LogP contribution in [0.3, 0.4) is 0 Å². The number of unbranched alkanes of at least 4 members (excludes halogenated alkanes) is 1. The minimum absolute atomic E-state index is 0.234. The van der Waals surface area contributed by atoms with Gasteiger partial charge in [0.25, 0.3) is 0 Å². The van der Waals surface area contributed by atoms with Crippen LogP contribution in [0, 0.1) is 0 Å². The standard InChI is InChI=1S/C25H33N6O9P/c32-21-20(10-13-41(36,37)38)40-24(23(34)22(21)33)39-19-8-6-16(7-9-19)28-25(35)27-12-2-1-4-17-15-31(30-29-17)18-5-3-11-26-14-18/h3,5-9,11,14-15,20-24,32-34H,1-2,4,10,12-13H2,(H2,27,28,35)(H2,36,37,38)/t20-,21-,22+,23+,24-/m1/s1. The van der Waals surface area contributed by atoms with Gasteiger partial charge in [-0.3, -0.25) is 9.55 Å². The van der Waals surface area contributed by atoms with Crippen LogP contribution < -0.4 is 15.4 Å². The average molecular weight is 593 g/mol. The van der Waals surface area contributed by atoms with Crippen molar-refractivity contribution in [2.75, 3.05) is 18.0 Å². The largest absolute Gasteiger partial charge is 0.462 e. The quantitative estimate of drug-likeness (QED) is 0.113. The summed E-state index contributed by atoms with van der Waals surface area (Å²) in [5.41, 5.74) is 2.14. The van der Waals surface area contributed by atoms with E-state index in [2.05, 4.69) is 25.9 Å². The van der Waals surface area contributed by atoms with Gasteiger partial charge in [-0.15, -0.1) is 5.10 Å². The number of hydrogen-bond donors (Lipinski definition) is 7. The lowest BCUT2D eigenvalue weighted by atomic mass is 9.97. The van der Waals surface area contributed by atoms with E-state index in [1.54, 1.807) is 29.2 Å². The SMILES string of the molecule is O=C(NCCCCc1cn(-c2cccnc2)nn1)Nc1ccc(O[C@@H]2O[C@H](CCP(=O)(O)O)[C@@H](O)[C@H](O)[C@@H]2O)cc1. The van der Waals surface area contributed by atoms with Crippen molar-refractivity contribution in [1.82, 2.24) is 25.3 Å². The fourth-order valence-electron chi connectivity index (χ4n) is 4.14.